The Kier molecular flexibility index (Phi) is 5.41. The van der Waals surface area contributed by atoms with Gasteiger partial charge in [0.1, 0.15) is 24.0 Å². The minimum atomic E-state index is -1.24. The van der Waals surface area contributed by atoms with E-state index < -0.39 is 12.2 Å². The zero-order valence-corrected chi connectivity index (χ0v) is 18.1. The zero-order chi connectivity index (χ0) is 22.2. The zero-order valence-electron chi connectivity index (χ0n) is 17.3. The lowest BCUT2D eigenvalue weighted by atomic mass is 10.0. The van der Waals surface area contributed by atoms with E-state index in [0.29, 0.717) is 35.6 Å². The number of nitrogens with zero attached hydrogens (tertiary/aromatic N) is 9. The lowest BCUT2D eigenvalue weighted by molar-refractivity contribution is 0.0480. The highest BCUT2D eigenvalue weighted by Crippen LogP contribution is 2.34. The number of halogens is 2. The van der Waals surface area contributed by atoms with Crippen LogP contribution in [0.15, 0.2) is 31.1 Å². The van der Waals surface area contributed by atoms with Crippen LogP contribution in [0.4, 0.5) is 10.3 Å². The highest BCUT2D eigenvalue weighted by molar-refractivity contribution is 6.30. The van der Waals surface area contributed by atoms with Crippen molar-refractivity contribution in [3.63, 3.8) is 0 Å². The van der Waals surface area contributed by atoms with Gasteiger partial charge >= 0.3 is 0 Å². The normalized spacial score (nSPS) is 20.9. The smallest absolute Gasteiger partial charge is 0.274 e. The largest absolute Gasteiger partial charge is 0.338 e. The second kappa shape index (κ2) is 8.38. The first-order valence-electron chi connectivity index (χ1n) is 10.4. The van der Waals surface area contributed by atoms with Crippen molar-refractivity contribution in [2.45, 2.75) is 44.4 Å². The number of piperidine rings is 1. The molecule has 1 aliphatic heterocycles. The number of aromatic nitrogens is 7. The molecule has 10 nitrogen and oxygen atoms in total. The van der Waals surface area contributed by atoms with Gasteiger partial charge < -0.3 is 9.80 Å². The van der Waals surface area contributed by atoms with Gasteiger partial charge in [0.05, 0.1) is 42.4 Å². The average molecular weight is 458 g/mol. The number of carbonyl (C=O) groups is 1. The molecule has 2 aliphatic rings. The lowest BCUT2D eigenvalue weighted by Crippen LogP contribution is -2.55. The molecule has 0 radical (unpaired) electrons. The van der Waals surface area contributed by atoms with Gasteiger partial charge in [-0.05, 0) is 26.2 Å². The second-order valence-electron chi connectivity index (χ2n) is 7.96. The minimum Gasteiger partial charge on any atom is -0.338 e. The molecule has 32 heavy (non-hydrogen) atoms. The van der Waals surface area contributed by atoms with Gasteiger partial charge in [0.2, 0.25) is 5.95 Å². The number of hydrogen-bond acceptors (Lipinski definition) is 8. The van der Waals surface area contributed by atoms with Crippen LogP contribution in [0.5, 0.6) is 0 Å². The van der Waals surface area contributed by atoms with Crippen LogP contribution in [0.2, 0.25) is 5.02 Å². The van der Waals surface area contributed by atoms with Gasteiger partial charge in [-0.3, -0.25) is 4.79 Å². The van der Waals surface area contributed by atoms with Gasteiger partial charge in [-0.1, -0.05) is 11.6 Å². The van der Waals surface area contributed by atoms with Crippen molar-refractivity contribution in [3.8, 4) is 5.82 Å². The van der Waals surface area contributed by atoms with Crippen molar-refractivity contribution in [3.05, 3.63) is 47.7 Å². The molecule has 2 unspecified atom stereocenters. The van der Waals surface area contributed by atoms with E-state index in [2.05, 4.69) is 30.0 Å². The first-order chi connectivity index (χ1) is 15.5. The highest BCUT2D eigenvalue weighted by Gasteiger charge is 2.44. The van der Waals surface area contributed by atoms with Crippen LogP contribution < -0.4 is 4.90 Å². The molecule has 0 bridgehead atoms. The Labute approximate surface area is 188 Å². The minimum absolute atomic E-state index is 0.0310. The van der Waals surface area contributed by atoms with Crippen LogP contribution in [-0.4, -0.2) is 76.9 Å². The Hall–Kier alpha value is -3.21. The summed E-state index contributed by atoms with van der Waals surface area (Å²) in [4.78, 5) is 37.7. The molecular formula is C20H21ClFN9O. The van der Waals surface area contributed by atoms with Crippen molar-refractivity contribution in [1.82, 2.24) is 39.6 Å². The standard InChI is InChI=1S/C20H21ClFN9O/c1-12-27-11-30(28-12)18-9-23-16(8-24-18)19(32)31(14-2-3-14)17-4-5-29(10-15(17)22)20-25-6-13(21)7-26-20/h6-9,11,14-15,17H,2-5,10H2,1H3. The fourth-order valence-corrected chi connectivity index (χ4v) is 4.03. The predicted molar refractivity (Wildman–Crippen MR) is 113 cm³/mol. The Morgan fingerprint density at radius 2 is 1.88 bits per heavy atom. The third kappa shape index (κ3) is 4.12. The highest BCUT2D eigenvalue weighted by atomic mass is 35.5. The molecule has 3 aromatic heterocycles. The monoisotopic (exact) mass is 457 g/mol. The molecule has 12 heteroatoms. The van der Waals surface area contributed by atoms with Crippen LogP contribution >= 0.6 is 11.6 Å². The number of anilines is 1. The van der Waals surface area contributed by atoms with Gasteiger partial charge in [0.15, 0.2) is 5.82 Å². The quantitative estimate of drug-likeness (QED) is 0.573. The summed E-state index contributed by atoms with van der Waals surface area (Å²) < 4.78 is 16.8. The third-order valence-corrected chi connectivity index (χ3v) is 5.82. The Morgan fingerprint density at radius 1 is 1.09 bits per heavy atom. The van der Waals surface area contributed by atoms with Crippen LogP contribution in [0.25, 0.3) is 5.82 Å². The Balaban J connectivity index is 1.31. The van der Waals surface area contributed by atoms with Crippen LogP contribution in [0, 0.1) is 6.92 Å². The average Bonchev–Trinajstić information content (AvgIpc) is 3.54. The Bertz CT molecular complexity index is 1100. The van der Waals surface area contributed by atoms with E-state index in [0.717, 1.165) is 12.8 Å². The van der Waals surface area contributed by atoms with Crippen molar-refractivity contribution in [2.75, 3.05) is 18.0 Å². The summed E-state index contributed by atoms with van der Waals surface area (Å²) in [7, 11) is 0. The summed E-state index contributed by atoms with van der Waals surface area (Å²) in [6.07, 6.45) is 8.36. The number of hydrogen-bond donors (Lipinski definition) is 0. The molecule has 0 spiro atoms. The molecule has 4 heterocycles. The topological polar surface area (TPSA) is 106 Å². The number of carbonyl (C=O) groups excluding carboxylic acids is 1. The van der Waals surface area contributed by atoms with Crippen molar-refractivity contribution >= 4 is 23.5 Å². The number of aryl methyl sites for hydroxylation is 1. The van der Waals surface area contributed by atoms with Gasteiger partial charge in [-0.25, -0.2) is 34.0 Å². The molecule has 1 aliphatic carbocycles. The van der Waals surface area contributed by atoms with Crippen LogP contribution in [-0.2, 0) is 0 Å². The first kappa shape index (κ1) is 20.7. The molecular weight excluding hydrogens is 437 g/mol. The molecule has 3 aromatic rings. The summed E-state index contributed by atoms with van der Waals surface area (Å²) in [5.74, 6) is 1.20. The van der Waals surface area contributed by atoms with E-state index in [9.17, 15) is 4.79 Å². The van der Waals surface area contributed by atoms with E-state index in [-0.39, 0.29) is 24.2 Å². The molecule has 5 rings (SSSR count). The van der Waals surface area contributed by atoms with E-state index >= 15 is 4.39 Å². The van der Waals surface area contributed by atoms with Gasteiger partial charge in [0.25, 0.3) is 5.91 Å². The Morgan fingerprint density at radius 3 is 2.47 bits per heavy atom. The molecule has 1 saturated heterocycles. The number of alkyl halides is 1. The van der Waals surface area contributed by atoms with E-state index in [1.165, 1.54) is 35.8 Å². The molecule has 2 atom stereocenters. The summed E-state index contributed by atoms with van der Waals surface area (Å²) in [5, 5.41) is 4.61. The molecule has 1 amide bonds. The summed E-state index contributed by atoms with van der Waals surface area (Å²) in [6.45, 7) is 2.42. The first-order valence-corrected chi connectivity index (χ1v) is 10.8. The summed E-state index contributed by atoms with van der Waals surface area (Å²) in [5.41, 5.74) is 0.188. The molecule has 1 saturated carbocycles. The van der Waals surface area contributed by atoms with Crippen molar-refractivity contribution < 1.29 is 9.18 Å². The van der Waals surface area contributed by atoms with Crippen LogP contribution in [0.3, 0.4) is 0 Å². The third-order valence-electron chi connectivity index (χ3n) is 5.63. The summed E-state index contributed by atoms with van der Waals surface area (Å²) >= 11 is 5.84. The molecule has 166 valence electrons. The van der Waals surface area contributed by atoms with E-state index in [1.807, 2.05) is 0 Å². The van der Waals surface area contributed by atoms with E-state index in [4.69, 9.17) is 11.6 Å². The van der Waals surface area contributed by atoms with E-state index in [1.54, 1.807) is 16.7 Å². The second-order valence-corrected chi connectivity index (χ2v) is 8.40. The number of rotatable bonds is 5. The van der Waals surface area contributed by atoms with Crippen molar-refractivity contribution in [2.24, 2.45) is 0 Å². The predicted octanol–water partition coefficient (Wildman–Crippen LogP) is 2.03. The maximum Gasteiger partial charge on any atom is 0.274 e. The summed E-state index contributed by atoms with van der Waals surface area (Å²) in [6, 6.07) is -0.499. The van der Waals surface area contributed by atoms with Gasteiger partial charge in [-0.15, -0.1) is 0 Å². The maximum atomic E-state index is 15.3. The lowest BCUT2D eigenvalue weighted by Gasteiger charge is -2.40. The van der Waals surface area contributed by atoms with Gasteiger partial charge in [0, 0.05) is 12.6 Å². The van der Waals surface area contributed by atoms with Gasteiger partial charge in [-0.2, -0.15) is 5.10 Å². The fourth-order valence-electron chi connectivity index (χ4n) is 3.93. The molecule has 0 N–H and O–H groups in total. The number of amides is 1. The van der Waals surface area contributed by atoms with Crippen LogP contribution in [0.1, 0.15) is 35.6 Å². The fraction of sp³-hybridized carbons (Fsp3) is 0.450. The SMILES string of the molecule is Cc1ncn(-c2cnc(C(=O)N(C3CC3)C3CCN(c4ncc(Cl)cn4)CC3F)cn2)n1. The maximum absolute atomic E-state index is 15.3. The molecule has 2 fully saturated rings. The van der Waals surface area contributed by atoms with Crippen molar-refractivity contribution in [1.29, 1.82) is 0 Å². The molecule has 0 aromatic carbocycles.